The average Bonchev–Trinajstić information content (AvgIpc) is 3.29. The highest BCUT2D eigenvalue weighted by atomic mass is 79.9. The predicted molar refractivity (Wildman–Crippen MR) is 118 cm³/mol. The Balaban J connectivity index is 1.56. The van der Waals surface area contributed by atoms with Gasteiger partial charge >= 0.3 is 0 Å². The second kappa shape index (κ2) is 7.79. The first-order chi connectivity index (χ1) is 14.2. The van der Waals surface area contributed by atoms with Crippen LogP contribution >= 0.6 is 15.9 Å². The molecule has 0 radical (unpaired) electrons. The minimum atomic E-state index is -3.80. The molecule has 0 unspecified atom stereocenters. The quantitative estimate of drug-likeness (QED) is 0.712. The standard InChI is InChI=1S/C21H22BrN3O4S/c1-13(26)24-7-5-16-9-15(3-4-19(16)24)12-23-30(28,29)21-11-20-17(10-18(21)22)6-8-25(20)14(2)27/h3-4,9-11,23H,5-8,12H2,1-2H3. The van der Waals surface area contributed by atoms with E-state index in [1.54, 1.807) is 28.9 Å². The number of carbonyl (C=O) groups excluding carboxylic acids is 2. The SMILES string of the molecule is CC(=O)N1CCc2cc(CNS(=O)(=O)c3cc4c(cc3Br)CCN4C(C)=O)ccc21. The summed E-state index contributed by atoms with van der Waals surface area (Å²) in [6, 6.07) is 8.97. The molecule has 158 valence electrons. The van der Waals surface area contributed by atoms with Crippen LogP contribution in [-0.4, -0.2) is 33.3 Å². The fourth-order valence-electron chi connectivity index (χ4n) is 4.07. The van der Waals surface area contributed by atoms with E-state index in [1.165, 1.54) is 6.92 Å². The predicted octanol–water partition coefficient (Wildman–Crippen LogP) is 2.75. The van der Waals surface area contributed by atoms with Crippen LogP contribution in [-0.2, 0) is 39.0 Å². The lowest BCUT2D eigenvalue weighted by Gasteiger charge is -2.17. The highest BCUT2D eigenvalue weighted by molar-refractivity contribution is 9.10. The molecule has 4 rings (SSSR count). The van der Waals surface area contributed by atoms with Gasteiger partial charge in [0.2, 0.25) is 21.8 Å². The lowest BCUT2D eigenvalue weighted by molar-refractivity contribution is -0.117. The summed E-state index contributed by atoms with van der Waals surface area (Å²) in [7, 11) is -3.80. The monoisotopic (exact) mass is 491 g/mol. The molecule has 1 N–H and O–H groups in total. The first kappa shape index (κ1) is 21.0. The molecule has 2 amide bonds. The molecule has 2 heterocycles. The number of benzene rings is 2. The molecule has 0 aromatic heterocycles. The Morgan fingerprint density at radius 1 is 0.967 bits per heavy atom. The summed E-state index contributed by atoms with van der Waals surface area (Å²) in [5.74, 6) is -0.103. The number of amides is 2. The third-order valence-electron chi connectivity index (χ3n) is 5.58. The highest BCUT2D eigenvalue weighted by Gasteiger charge is 2.28. The molecule has 0 fully saturated rings. The molecule has 9 heteroatoms. The summed E-state index contributed by atoms with van der Waals surface area (Å²) >= 11 is 3.37. The van der Waals surface area contributed by atoms with Crippen LogP contribution in [0.25, 0.3) is 0 Å². The molecular formula is C21H22BrN3O4S. The molecule has 2 aliphatic rings. The first-order valence-electron chi connectivity index (χ1n) is 9.67. The van der Waals surface area contributed by atoms with Crippen molar-refractivity contribution in [3.8, 4) is 0 Å². The number of halogens is 1. The van der Waals surface area contributed by atoms with Gasteiger partial charge in [0.25, 0.3) is 0 Å². The van der Waals surface area contributed by atoms with E-state index in [1.807, 2.05) is 18.2 Å². The van der Waals surface area contributed by atoms with Crippen molar-refractivity contribution in [2.45, 2.75) is 38.1 Å². The van der Waals surface area contributed by atoms with Crippen LogP contribution in [0.2, 0.25) is 0 Å². The van der Waals surface area contributed by atoms with Gasteiger partial charge in [-0.3, -0.25) is 9.59 Å². The van der Waals surface area contributed by atoms with Crippen LogP contribution in [0.4, 0.5) is 11.4 Å². The van der Waals surface area contributed by atoms with E-state index >= 15 is 0 Å². The summed E-state index contributed by atoms with van der Waals surface area (Å²) in [5, 5.41) is 0. The number of anilines is 2. The average molecular weight is 492 g/mol. The zero-order valence-corrected chi connectivity index (χ0v) is 19.1. The van der Waals surface area contributed by atoms with Crippen molar-refractivity contribution in [1.29, 1.82) is 0 Å². The summed E-state index contributed by atoms with van der Waals surface area (Å²) in [6.07, 6.45) is 1.46. The van der Waals surface area contributed by atoms with E-state index in [0.717, 1.165) is 28.8 Å². The fourth-order valence-corrected chi connectivity index (χ4v) is 6.19. The van der Waals surface area contributed by atoms with Crippen molar-refractivity contribution >= 4 is 49.1 Å². The maximum Gasteiger partial charge on any atom is 0.242 e. The maximum absolute atomic E-state index is 13.0. The minimum Gasteiger partial charge on any atom is -0.312 e. The Labute approximate surface area is 184 Å². The molecule has 0 saturated heterocycles. The van der Waals surface area contributed by atoms with Crippen LogP contribution in [0.1, 0.15) is 30.5 Å². The number of sulfonamides is 1. The van der Waals surface area contributed by atoms with Gasteiger partial charge in [0.05, 0.1) is 4.90 Å². The number of nitrogens with one attached hydrogen (secondary N) is 1. The Kier molecular flexibility index (Phi) is 5.46. The van der Waals surface area contributed by atoms with Gasteiger partial charge in [-0.2, -0.15) is 0 Å². The van der Waals surface area contributed by atoms with Gasteiger partial charge in [-0.25, -0.2) is 13.1 Å². The number of hydrogen-bond donors (Lipinski definition) is 1. The Morgan fingerprint density at radius 3 is 2.20 bits per heavy atom. The molecule has 0 bridgehead atoms. The number of rotatable bonds is 4. The van der Waals surface area contributed by atoms with E-state index in [-0.39, 0.29) is 23.3 Å². The third kappa shape index (κ3) is 3.77. The van der Waals surface area contributed by atoms with E-state index in [9.17, 15) is 18.0 Å². The molecule has 0 saturated carbocycles. The maximum atomic E-state index is 13.0. The van der Waals surface area contributed by atoms with E-state index < -0.39 is 10.0 Å². The van der Waals surface area contributed by atoms with Gasteiger partial charge in [-0.15, -0.1) is 0 Å². The van der Waals surface area contributed by atoms with Crippen molar-refractivity contribution in [3.05, 3.63) is 51.5 Å². The second-order valence-electron chi connectivity index (χ2n) is 7.54. The van der Waals surface area contributed by atoms with Crippen molar-refractivity contribution in [3.63, 3.8) is 0 Å². The molecule has 0 atom stereocenters. The lowest BCUT2D eigenvalue weighted by Crippen LogP contribution is -2.27. The van der Waals surface area contributed by atoms with Crippen LogP contribution in [0.3, 0.4) is 0 Å². The Bertz CT molecular complexity index is 1160. The molecule has 30 heavy (non-hydrogen) atoms. The molecular weight excluding hydrogens is 470 g/mol. The Morgan fingerprint density at radius 2 is 1.57 bits per heavy atom. The largest absolute Gasteiger partial charge is 0.312 e. The van der Waals surface area contributed by atoms with Gasteiger partial charge in [-0.05, 0) is 63.7 Å². The number of carbonyl (C=O) groups is 2. The number of nitrogens with zero attached hydrogens (tertiary/aromatic N) is 2. The molecule has 2 aromatic rings. The molecule has 7 nitrogen and oxygen atoms in total. The van der Waals surface area contributed by atoms with Gasteiger partial charge in [0.1, 0.15) is 0 Å². The topological polar surface area (TPSA) is 86.8 Å². The molecule has 2 aliphatic heterocycles. The van der Waals surface area contributed by atoms with Gasteiger partial charge in [0, 0.05) is 49.3 Å². The zero-order chi connectivity index (χ0) is 21.6. The van der Waals surface area contributed by atoms with Crippen LogP contribution in [0, 0.1) is 0 Å². The first-order valence-corrected chi connectivity index (χ1v) is 11.9. The second-order valence-corrected chi connectivity index (χ2v) is 10.1. The van der Waals surface area contributed by atoms with E-state index in [4.69, 9.17) is 0 Å². The summed E-state index contributed by atoms with van der Waals surface area (Å²) < 4.78 is 29.1. The molecule has 0 aliphatic carbocycles. The lowest BCUT2D eigenvalue weighted by atomic mass is 10.1. The van der Waals surface area contributed by atoms with Crippen molar-refractivity contribution in [2.75, 3.05) is 22.9 Å². The third-order valence-corrected chi connectivity index (χ3v) is 7.94. The van der Waals surface area contributed by atoms with Crippen molar-refractivity contribution in [1.82, 2.24) is 4.72 Å². The van der Waals surface area contributed by atoms with Gasteiger partial charge in [-0.1, -0.05) is 12.1 Å². The van der Waals surface area contributed by atoms with Crippen LogP contribution < -0.4 is 14.5 Å². The zero-order valence-electron chi connectivity index (χ0n) is 16.7. The summed E-state index contributed by atoms with van der Waals surface area (Å²) in [4.78, 5) is 27.0. The van der Waals surface area contributed by atoms with E-state index in [2.05, 4.69) is 20.7 Å². The van der Waals surface area contributed by atoms with Crippen molar-refractivity contribution < 1.29 is 18.0 Å². The van der Waals surface area contributed by atoms with Crippen molar-refractivity contribution in [2.24, 2.45) is 0 Å². The highest BCUT2D eigenvalue weighted by Crippen LogP contribution is 2.35. The number of hydrogen-bond acceptors (Lipinski definition) is 4. The van der Waals surface area contributed by atoms with Gasteiger partial charge < -0.3 is 9.80 Å². The Hall–Kier alpha value is -2.23. The summed E-state index contributed by atoms with van der Waals surface area (Å²) in [6.45, 7) is 4.36. The minimum absolute atomic E-state index is 0.00303. The fraction of sp³-hybridized carbons (Fsp3) is 0.333. The smallest absolute Gasteiger partial charge is 0.242 e. The van der Waals surface area contributed by atoms with E-state index in [0.29, 0.717) is 29.7 Å². The van der Waals surface area contributed by atoms with Crippen LogP contribution in [0.5, 0.6) is 0 Å². The molecule has 2 aromatic carbocycles. The van der Waals surface area contributed by atoms with Gasteiger partial charge in [0.15, 0.2) is 0 Å². The normalized spacial score (nSPS) is 15.3. The summed E-state index contributed by atoms with van der Waals surface area (Å²) in [5.41, 5.74) is 4.35. The number of fused-ring (bicyclic) bond motifs is 2. The van der Waals surface area contributed by atoms with Crippen LogP contribution in [0.15, 0.2) is 39.7 Å². The molecule has 0 spiro atoms.